The molecule has 0 saturated heterocycles. The van der Waals surface area contributed by atoms with Gasteiger partial charge in [0, 0.05) is 30.8 Å². The number of amides is 1. The van der Waals surface area contributed by atoms with Gasteiger partial charge < -0.3 is 20.4 Å². The van der Waals surface area contributed by atoms with E-state index in [0.29, 0.717) is 33.7 Å². The van der Waals surface area contributed by atoms with E-state index in [9.17, 15) is 22.8 Å². The highest BCUT2D eigenvalue weighted by Gasteiger charge is 2.30. The van der Waals surface area contributed by atoms with Crippen LogP contribution >= 0.6 is 0 Å². The quantitative estimate of drug-likeness (QED) is 0.255. The predicted octanol–water partition coefficient (Wildman–Crippen LogP) is 5.86. The number of nitrogens with one attached hydrogen (secondary N) is 3. The maximum Gasteiger partial charge on any atom is 0.416 e. The van der Waals surface area contributed by atoms with Crippen molar-refractivity contribution in [2.75, 3.05) is 5.32 Å². The standard InChI is InChI=1S/C28H26F3N5O3/c1-16(37)35-19-7-9-20(10-8-19)36-27-24-23(14-32-26(24)33-15-34-27)25(38)17-5-11-21(12-6-17)39-22-4-2-3-18(13-22)28(29,30)31/h2-6,11-15,19-20H,7-10H2,1H3,(H,35,37)(H2,32,33,34,36)/t19-,20+. The van der Waals surface area contributed by atoms with Crippen molar-refractivity contribution in [3.8, 4) is 11.5 Å². The number of aromatic nitrogens is 3. The molecule has 1 fully saturated rings. The third-order valence-electron chi connectivity index (χ3n) is 6.70. The molecule has 1 saturated carbocycles. The summed E-state index contributed by atoms with van der Waals surface area (Å²) in [4.78, 5) is 36.5. The van der Waals surface area contributed by atoms with Gasteiger partial charge in [0.2, 0.25) is 5.91 Å². The maximum absolute atomic E-state index is 13.4. The zero-order valence-corrected chi connectivity index (χ0v) is 21.0. The van der Waals surface area contributed by atoms with Crippen molar-refractivity contribution in [2.24, 2.45) is 0 Å². The molecule has 1 aliphatic rings. The van der Waals surface area contributed by atoms with Crippen LogP contribution in [-0.2, 0) is 11.0 Å². The largest absolute Gasteiger partial charge is 0.457 e. The molecule has 2 aromatic carbocycles. The second kappa shape index (κ2) is 10.8. The molecule has 39 heavy (non-hydrogen) atoms. The van der Waals surface area contributed by atoms with Crippen LogP contribution in [0.4, 0.5) is 19.0 Å². The second-order valence-corrected chi connectivity index (χ2v) is 9.52. The van der Waals surface area contributed by atoms with Gasteiger partial charge in [-0.05, 0) is 68.1 Å². The number of hydrogen-bond donors (Lipinski definition) is 3. The van der Waals surface area contributed by atoms with Crippen molar-refractivity contribution in [1.29, 1.82) is 0 Å². The van der Waals surface area contributed by atoms with Crippen LogP contribution in [0.2, 0.25) is 0 Å². The van der Waals surface area contributed by atoms with E-state index >= 15 is 0 Å². The van der Waals surface area contributed by atoms with E-state index in [0.717, 1.165) is 37.8 Å². The molecule has 202 valence electrons. The summed E-state index contributed by atoms with van der Waals surface area (Å²) in [5.41, 5.74) is 0.482. The van der Waals surface area contributed by atoms with Crippen molar-refractivity contribution in [2.45, 2.75) is 50.9 Å². The summed E-state index contributed by atoms with van der Waals surface area (Å²) in [6.45, 7) is 1.52. The van der Waals surface area contributed by atoms with Gasteiger partial charge in [-0.1, -0.05) is 6.07 Å². The van der Waals surface area contributed by atoms with Gasteiger partial charge in [0.25, 0.3) is 0 Å². The Hall–Kier alpha value is -4.41. The number of fused-ring (bicyclic) bond motifs is 1. The fraction of sp³-hybridized carbons (Fsp3) is 0.286. The second-order valence-electron chi connectivity index (χ2n) is 9.52. The van der Waals surface area contributed by atoms with Crippen LogP contribution in [0.5, 0.6) is 11.5 Å². The monoisotopic (exact) mass is 537 g/mol. The average molecular weight is 538 g/mol. The molecular formula is C28H26F3N5O3. The predicted molar refractivity (Wildman–Crippen MR) is 139 cm³/mol. The number of benzene rings is 2. The molecule has 0 spiro atoms. The van der Waals surface area contributed by atoms with Gasteiger partial charge in [-0.15, -0.1) is 0 Å². The van der Waals surface area contributed by atoms with Crippen LogP contribution < -0.4 is 15.4 Å². The molecule has 2 aromatic heterocycles. The lowest BCUT2D eigenvalue weighted by Gasteiger charge is -2.29. The Bertz CT molecular complexity index is 1490. The number of halogens is 3. The Balaban J connectivity index is 1.31. The summed E-state index contributed by atoms with van der Waals surface area (Å²) in [5, 5.41) is 6.99. The molecule has 2 heterocycles. The van der Waals surface area contributed by atoms with Crippen LogP contribution in [0, 0.1) is 0 Å². The first-order valence-corrected chi connectivity index (χ1v) is 12.5. The van der Waals surface area contributed by atoms with Crippen LogP contribution in [0.15, 0.2) is 61.1 Å². The number of nitrogens with zero attached hydrogens (tertiary/aromatic N) is 2. The summed E-state index contributed by atoms with van der Waals surface area (Å²) in [5.74, 6) is 0.593. The van der Waals surface area contributed by atoms with Gasteiger partial charge >= 0.3 is 6.18 Å². The highest BCUT2D eigenvalue weighted by Crippen LogP contribution is 2.33. The lowest BCUT2D eigenvalue weighted by Crippen LogP contribution is -2.39. The summed E-state index contributed by atoms with van der Waals surface area (Å²) in [6.07, 6.45) is 1.93. The summed E-state index contributed by atoms with van der Waals surface area (Å²) in [7, 11) is 0. The number of alkyl halides is 3. The minimum absolute atomic E-state index is 0.0327. The van der Waals surface area contributed by atoms with Gasteiger partial charge in [0.15, 0.2) is 5.78 Å². The van der Waals surface area contributed by atoms with Crippen molar-refractivity contribution in [3.63, 3.8) is 0 Å². The molecule has 5 rings (SSSR count). The Labute approximate surface area is 222 Å². The van der Waals surface area contributed by atoms with E-state index in [1.807, 2.05) is 0 Å². The average Bonchev–Trinajstić information content (AvgIpc) is 3.35. The molecule has 11 heteroatoms. The summed E-state index contributed by atoms with van der Waals surface area (Å²) < 4.78 is 44.5. The molecule has 0 aliphatic heterocycles. The zero-order valence-electron chi connectivity index (χ0n) is 21.0. The number of hydrogen-bond acceptors (Lipinski definition) is 6. The van der Waals surface area contributed by atoms with Gasteiger partial charge in [0.05, 0.1) is 16.5 Å². The van der Waals surface area contributed by atoms with Crippen LogP contribution in [-0.4, -0.2) is 38.7 Å². The van der Waals surface area contributed by atoms with E-state index < -0.39 is 11.7 Å². The summed E-state index contributed by atoms with van der Waals surface area (Å²) >= 11 is 0. The first-order valence-electron chi connectivity index (χ1n) is 12.5. The minimum Gasteiger partial charge on any atom is -0.457 e. The summed E-state index contributed by atoms with van der Waals surface area (Å²) in [6, 6.07) is 11.1. The van der Waals surface area contributed by atoms with Crippen LogP contribution in [0.1, 0.15) is 54.1 Å². The third-order valence-corrected chi connectivity index (χ3v) is 6.70. The van der Waals surface area contributed by atoms with Gasteiger partial charge in [-0.2, -0.15) is 13.2 Å². The van der Waals surface area contributed by atoms with E-state index in [1.165, 1.54) is 37.5 Å². The Morgan fingerprint density at radius 1 is 0.974 bits per heavy atom. The first-order chi connectivity index (χ1) is 18.7. The molecule has 0 unspecified atom stereocenters. The lowest BCUT2D eigenvalue weighted by atomic mass is 9.91. The van der Waals surface area contributed by atoms with E-state index in [1.54, 1.807) is 18.3 Å². The van der Waals surface area contributed by atoms with Gasteiger partial charge in [0.1, 0.15) is 29.3 Å². The fourth-order valence-electron chi connectivity index (χ4n) is 4.82. The first kappa shape index (κ1) is 26.2. The van der Waals surface area contributed by atoms with Crippen LogP contribution in [0.3, 0.4) is 0 Å². The van der Waals surface area contributed by atoms with Gasteiger partial charge in [-0.25, -0.2) is 9.97 Å². The molecule has 8 nitrogen and oxygen atoms in total. The zero-order chi connectivity index (χ0) is 27.6. The molecule has 3 N–H and O–H groups in total. The lowest BCUT2D eigenvalue weighted by molar-refractivity contribution is -0.137. The number of carbonyl (C=O) groups is 2. The maximum atomic E-state index is 13.4. The molecule has 0 bridgehead atoms. The van der Waals surface area contributed by atoms with Crippen LogP contribution in [0.25, 0.3) is 11.0 Å². The number of ether oxygens (including phenoxy) is 1. The minimum atomic E-state index is -4.47. The Morgan fingerprint density at radius 3 is 2.38 bits per heavy atom. The van der Waals surface area contributed by atoms with Crippen molar-refractivity contribution < 1.29 is 27.5 Å². The SMILES string of the molecule is CC(=O)N[C@H]1CC[C@@H](Nc2ncnc3[nH]cc(C(=O)c4ccc(Oc5cccc(C(F)(F)F)c5)cc4)c23)CC1. The molecule has 0 atom stereocenters. The molecule has 1 aliphatic carbocycles. The third kappa shape index (κ3) is 6.02. The molecule has 4 aromatic rings. The van der Waals surface area contributed by atoms with E-state index in [-0.39, 0.29) is 29.5 Å². The van der Waals surface area contributed by atoms with E-state index in [2.05, 4.69) is 25.6 Å². The fourth-order valence-corrected chi connectivity index (χ4v) is 4.82. The number of carbonyl (C=O) groups excluding carboxylic acids is 2. The number of aromatic amines is 1. The van der Waals surface area contributed by atoms with Crippen molar-refractivity contribution in [3.05, 3.63) is 77.7 Å². The number of rotatable bonds is 7. The smallest absolute Gasteiger partial charge is 0.416 e. The number of H-pyrrole nitrogens is 1. The molecular weight excluding hydrogens is 511 g/mol. The van der Waals surface area contributed by atoms with Crippen molar-refractivity contribution >= 4 is 28.5 Å². The highest BCUT2D eigenvalue weighted by molar-refractivity contribution is 6.18. The number of anilines is 1. The highest BCUT2D eigenvalue weighted by atomic mass is 19.4. The Morgan fingerprint density at radius 2 is 1.69 bits per heavy atom. The molecule has 0 radical (unpaired) electrons. The van der Waals surface area contributed by atoms with Crippen molar-refractivity contribution in [1.82, 2.24) is 20.3 Å². The molecule has 1 amide bonds. The Kier molecular flexibility index (Phi) is 7.23. The number of ketones is 1. The van der Waals surface area contributed by atoms with Gasteiger partial charge in [-0.3, -0.25) is 9.59 Å². The normalized spacial score (nSPS) is 17.5. The topological polar surface area (TPSA) is 109 Å². The van der Waals surface area contributed by atoms with E-state index in [4.69, 9.17) is 4.74 Å².